The highest BCUT2D eigenvalue weighted by atomic mass is 32.2. The molecule has 0 aliphatic carbocycles. The molecule has 1 amide bonds. The Kier molecular flexibility index (Phi) is 7.41. The van der Waals surface area contributed by atoms with Gasteiger partial charge in [-0.3, -0.25) is 4.79 Å². The number of hydrogen-bond acceptors (Lipinski definition) is 7. The van der Waals surface area contributed by atoms with Crippen molar-refractivity contribution in [2.45, 2.75) is 43.0 Å². The van der Waals surface area contributed by atoms with Crippen LogP contribution in [0.1, 0.15) is 33.1 Å². The fourth-order valence-electron chi connectivity index (χ4n) is 1.87. The van der Waals surface area contributed by atoms with Crippen LogP contribution < -0.4 is 16.0 Å². The third-order valence-electron chi connectivity index (χ3n) is 3.19. The minimum Gasteiger partial charge on any atom is -0.368 e. The first-order valence-corrected chi connectivity index (χ1v) is 8.88. The van der Waals surface area contributed by atoms with Gasteiger partial charge in [0.25, 0.3) is 0 Å². The molecule has 3 N–H and O–H groups in total. The number of aromatic nitrogens is 2. The summed E-state index contributed by atoms with van der Waals surface area (Å²) in [5, 5.41) is 12.3. The van der Waals surface area contributed by atoms with E-state index < -0.39 is 5.54 Å². The number of nitrogens with one attached hydrogen (secondary N) is 1. The topological polar surface area (TPSA) is 84.1 Å². The molecule has 1 atom stereocenters. The normalized spacial score (nSPS) is 13.9. The quantitative estimate of drug-likeness (QED) is 0.502. The van der Waals surface area contributed by atoms with E-state index in [1.54, 1.807) is 23.1 Å². The number of primary amides is 1. The molecule has 0 spiro atoms. The first-order chi connectivity index (χ1) is 9.89. The van der Waals surface area contributed by atoms with Crippen LogP contribution in [0, 0.1) is 0 Å². The maximum atomic E-state index is 11.5. The van der Waals surface area contributed by atoms with Gasteiger partial charge in [0.2, 0.25) is 11.0 Å². The minimum atomic E-state index is -0.597. The number of likely N-dealkylation sites (N-methyl/N-ethyl adjacent to an activating group) is 1. The van der Waals surface area contributed by atoms with Gasteiger partial charge >= 0.3 is 0 Å². The van der Waals surface area contributed by atoms with Gasteiger partial charge in [-0.2, -0.15) is 0 Å². The van der Waals surface area contributed by atoms with Crippen LogP contribution in [0.5, 0.6) is 0 Å². The number of anilines is 1. The number of hydrogen-bond donors (Lipinski definition) is 2. The van der Waals surface area contributed by atoms with E-state index in [1.165, 1.54) is 0 Å². The Hall–Kier alpha value is -0.860. The van der Waals surface area contributed by atoms with Gasteiger partial charge in [0, 0.05) is 19.8 Å². The standard InChI is InChI=1S/C13H25N5OS2/c1-5-15-13(2,10(14)19)8-6-7-9-20-12-17-16-11(21-12)18(3)4/h15H,5-9H2,1-4H3,(H2,14,19). The Bertz CT molecular complexity index is 452. The van der Waals surface area contributed by atoms with E-state index in [0.29, 0.717) is 0 Å². The Morgan fingerprint density at radius 1 is 1.43 bits per heavy atom. The maximum Gasteiger partial charge on any atom is 0.237 e. The van der Waals surface area contributed by atoms with Crippen molar-refractivity contribution in [3.05, 3.63) is 0 Å². The van der Waals surface area contributed by atoms with Crippen molar-refractivity contribution >= 4 is 34.1 Å². The highest BCUT2D eigenvalue weighted by molar-refractivity contribution is 8.01. The molecule has 120 valence electrons. The minimum absolute atomic E-state index is 0.281. The van der Waals surface area contributed by atoms with E-state index in [9.17, 15) is 4.79 Å². The van der Waals surface area contributed by atoms with Crippen molar-refractivity contribution in [2.24, 2.45) is 5.73 Å². The molecule has 0 bridgehead atoms. The van der Waals surface area contributed by atoms with Gasteiger partial charge in [0.05, 0.1) is 5.54 Å². The predicted octanol–water partition coefficient (Wildman–Crippen LogP) is 1.72. The predicted molar refractivity (Wildman–Crippen MR) is 90.1 cm³/mol. The van der Waals surface area contributed by atoms with Crippen molar-refractivity contribution in [2.75, 3.05) is 31.3 Å². The monoisotopic (exact) mass is 331 g/mol. The van der Waals surface area contributed by atoms with E-state index in [2.05, 4.69) is 15.5 Å². The van der Waals surface area contributed by atoms with Gasteiger partial charge in [-0.15, -0.1) is 10.2 Å². The summed E-state index contributed by atoms with van der Waals surface area (Å²) in [5.74, 6) is 0.694. The summed E-state index contributed by atoms with van der Waals surface area (Å²) in [6.45, 7) is 4.60. The molecule has 0 aliphatic heterocycles. The average Bonchev–Trinajstić information content (AvgIpc) is 2.87. The Labute approximate surface area is 134 Å². The lowest BCUT2D eigenvalue weighted by Crippen LogP contribution is -2.52. The zero-order valence-corrected chi connectivity index (χ0v) is 14.8. The van der Waals surface area contributed by atoms with Crippen LogP contribution >= 0.6 is 23.1 Å². The average molecular weight is 332 g/mol. The van der Waals surface area contributed by atoms with E-state index in [0.717, 1.165) is 41.0 Å². The SMILES string of the molecule is CCNC(C)(CCCCSc1nnc(N(C)C)s1)C(N)=O. The Morgan fingerprint density at radius 2 is 2.14 bits per heavy atom. The van der Waals surface area contributed by atoms with Crippen LogP contribution in [0.3, 0.4) is 0 Å². The van der Waals surface area contributed by atoms with Crippen LogP contribution in [-0.2, 0) is 4.79 Å². The molecule has 0 aliphatic rings. The number of carbonyl (C=O) groups excluding carboxylic acids is 1. The van der Waals surface area contributed by atoms with Crippen LogP contribution in [-0.4, -0.2) is 48.0 Å². The van der Waals surface area contributed by atoms with Crippen LogP contribution in [0.15, 0.2) is 4.34 Å². The molecule has 1 heterocycles. The van der Waals surface area contributed by atoms with Gasteiger partial charge in [-0.25, -0.2) is 0 Å². The van der Waals surface area contributed by atoms with E-state index >= 15 is 0 Å². The largest absolute Gasteiger partial charge is 0.368 e. The third-order valence-corrected chi connectivity index (χ3v) is 5.50. The lowest BCUT2D eigenvalue weighted by Gasteiger charge is -2.26. The van der Waals surface area contributed by atoms with Gasteiger partial charge < -0.3 is 16.0 Å². The fourth-order valence-corrected chi connectivity index (χ4v) is 3.70. The smallest absolute Gasteiger partial charge is 0.237 e. The molecule has 0 radical (unpaired) electrons. The summed E-state index contributed by atoms with van der Waals surface area (Å²) < 4.78 is 0.989. The second-order valence-corrected chi connectivity index (χ2v) is 7.58. The summed E-state index contributed by atoms with van der Waals surface area (Å²) in [6.07, 6.45) is 2.74. The number of nitrogens with two attached hydrogens (primary N) is 1. The van der Waals surface area contributed by atoms with E-state index in [-0.39, 0.29) is 5.91 Å². The molecule has 1 aromatic rings. The van der Waals surface area contributed by atoms with Gasteiger partial charge in [-0.05, 0) is 26.3 Å². The van der Waals surface area contributed by atoms with Crippen LogP contribution in [0.4, 0.5) is 5.13 Å². The Morgan fingerprint density at radius 3 is 2.67 bits per heavy atom. The number of nitrogens with zero attached hydrogens (tertiary/aromatic N) is 3. The molecular formula is C13H25N5OS2. The molecular weight excluding hydrogens is 306 g/mol. The molecule has 21 heavy (non-hydrogen) atoms. The van der Waals surface area contributed by atoms with Crippen LogP contribution in [0.25, 0.3) is 0 Å². The van der Waals surface area contributed by atoms with Crippen molar-refractivity contribution in [1.29, 1.82) is 0 Å². The zero-order valence-electron chi connectivity index (χ0n) is 13.2. The van der Waals surface area contributed by atoms with Crippen molar-refractivity contribution in [1.82, 2.24) is 15.5 Å². The molecule has 0 aromatic carbocycles. The summed E-state index contributed by atoms with van der Waals surface area (Å²) in [6, 6.07) is 0. The lowest BCUT2D eigenvalue weighted by molar-refractivity contribution is -0.124. The van der Waals surface area contributed by atoms with E-state index in [4.69, 9.17) is 5.73 Å². The summed E-state index contributed by atoms with van der Waals surface area (Å²) in [7, 11) is 3.92. The highest BCUT2D eigenvalue weighted by Crippen LogP contribution is 2.27. The fraction of sp³-hybridized carbons (Fsp3) is 0.769. The number of carbonyl (C=O) groups is 1. The zero-order chi connectivity index (χ0) is 15.9. The number of amides is 1. The molecule has 1 unspecified atom stereocenters. The molecule has 6 nitrogen and oxygen atoms in total. The molecule has 0 fully saturated rings. The molecule has 8 heteroatoms. The highest BCUT2D eigenvalue weighted by Gasteiger charge is 2.28. The number of rotatable bonds is 10. The van der Waals surface area contributed by atoms with Gasteiger partial charge in [0.1, 0.15) is 0 Å². The van der Waals surface area contributed by atoms with Crippen LogP contribution in [0.2, 0.25) is 0 Å². The summed E-state index contributed by atoms with van der Waals surface area (Å²) in [4.78, 5) is 13.5. The molecule has 1 rings (SSSR count). The van der Waals surface area contributed by atoms with E-state index in [1.807, 2.05) is 32.8 Å². The van der Waals surface area contributed by atoms with Crippen molar-refractivity contribution in [3.63, 3.8) is 0 Å². The maximum absolute atomic E-state index is 11.5. The number of unbranched alkanes of at least 4 members (excludes halogenated alkanes) is 1. The van der Waals surface area contributed by atoms with Gasteiger partial charge in [-0.1, -0.05) is 36.4 Å². The lowest BCUT2D eigenvalue weighted by atomic mass is 9.94. The van der Waals surface area contributed by atoms with Crippen molar-refractivity contribution < 1.29 is 4.79 Å². The Balaban J connectivity index is 2.28. The molecule has 0 saturated heterocycles. The van der Waals surface area contributed by atoms with Crippen molar-refractivity contribution in [3.8, 4) is 0 Å². The second kappa shape index (κ2) is 8.55. The second-order valence-electron chi connectivity index (χ2n) is 5.28. The third kappa shape index (κ3) is 5.80. The van der Waals surface area contributed by atoms with Gasteiger partial charge in [0.15, 0.2) is 4.34 Å². The first-order valence-electron chi connectivity index (χ1n) is 7.07. The molecule has 0 saturated carbocycles. The molecule has 1 aromatic heterocycles. The summed E-state index contributed by atoms with van der Waals surface area (Å²) in [5.41, 5.74) is 4.87. The summed E-state index contributed by atoms with van der Waals surface area (Å²) >= 11 is 3.31. The first kappa shape index (κ1) is 18.2. The number of thioether (sulfide) groups is 1.